The fraction of sp³-hybridized carbons (Fsp3) is 0. The van der Waals surface area contributed by atoms with E-state index in [-0.39, 0.29) is 55.0 Å². The zero-order valence-corrected chi connectivity index (χ0v) is 29.4. The zero-order chi connectivity index (χ0) is 55.7. The summed E-state index contributed by atoms with van der Waals surface area (Å²) >= 11 is 0. The number of rotatable bonds is 5. The first kappa shape index (κ1) is 17.5. The lowest BCUT2D eigenvalue weighted by Gasteiger charge is -2.13. The highest BCUT2D eigenvalue weighted by atomic mass is 15.0. The Morgan fingerprint density at radius 3 is 1.63 bits per heavy atom. The molecule has 0 atom stereocenters. The first-order valence-corrected chi connectivity index (χ1v) is 17.9. The van der Waals surface area contributed by atoms with Gasteiger partial charge in [0.05, 0.1) is 67.6 Å². The molecule has 0 aliphatic heterocycles. The van der Waals surface area contributed by atoms with Crippen molar-refractivity contribution >= 4 is 65.4 Å². The molecule has 12 aromatic rings. The SMILES string of the molecule is [2H]c1c([2H])c([2H])c2c(c1[2H])c1c(-n3c4c([2H])c([2H])c([2H])c([2H])c4c4c([2H])c(-c5c([2H])c([2H])c([2H])c6c7c([2H])c([2H])c([2H])c([2H])c7n(-c7ccc(-c8ccccc8)cc7)c56)c([2H])c([2H])c43)c([2H])c([2H])c([2H])c1n2-c1ccccc1. The van der Waals surface area contributed by atoms with Gasteiger partial charge in [0.1, 0.15) is 0 Å². The Hall–Kier alpha value is -7.62. The second-order valence-electron chi connectivity index (χ2n) is 13.3. The first-order valence-electron chi connectivity index (χ1n) is 28.4. The van der Waals surface area contributed by atoms with Gasteiger partial charge in [0, 0.05) is 49.3 Å². The Bertz CT molecular complexity index is 4720. The van der Waals surface area contributed by atoms with E-state index in [1.54, 1.807) is 54.6 Å². The molecule has 0 fully saturated rings. The van der Waals surface area contributed by atoms with Gasteiger partial charge in [0.15, 0.2) is 0 Å². The van der Waals surface area contributed by atoms with Crippen molar-refractivity contribution in [2.75, 3.05) is 0 Å². The fourth-order valence-corrected chi connectivity index (χ4v) is 7.87. The molecule has 9 aromatic carbocycles. The molecule has 3 nitrogen and oxygen atoms in total. The summed E-state index contributed by atoms with van der Waals surface area (Å²) in [5.41, 5.74) is -1.20. The third-order valence-corrected chi connectivity index (χ3v) is 10.3. The topological polar surface area (TPSA) is 14.8 Å². The highest BCUT2D eigenvalue weighted by Gasteiger charge is 2.21. The summed E-state index contributed by atoms with van der Waals surface area (Å²) in [4.78, 5) is 0. The maximum Gasteiger partial charge on any atom is 0.0645 e. The van der Waals surface area contributed by atoms with Crippen LogP contribution in [0.3, 0.4) is 0 Å². The Kier molecular flexibility index (Phi) is 3.81. The lowest BCUT2D eigenvalue weighted by molar-refractivity contribution is 1.17. The minimum Gasteiger partial charge on any atom is -0.309 e. The van der Waals surface area contributed by atoms with Gasteiger partial charge in [-0.2, -0.15) is 0 Å². The van der Waals surface area contributed by atoms with Crippen molar-refractivity contribution in [1.29, 1.82) is 0 Å². The number of fused-ring (bicyclic) bond motifs is 9. The molecule has 0 saturated heterocycles. The third kappa shape index (κ3) is 4.73. The summed E-state index contributed by atoms with van der Waals surface area (Å²) in [5.74, 6) is 0. The second-order valence-corrected chi connectivity index (χ2v) is 13.3. The summed E-state index contributed by atoms with van der Waals surface area (Å²) in [5, 5.41) is -1.89. The molecular weight excluding hydrogens is 691 g/mol. The standard InChI is InChI=1S/C54H35N3/c1-3-15-36(16-4-1)37-29-32-40(33-30-37)56-47-24-10-7-19-42(47)44-23-13-22-41(54(44)56)38-31-34-50-46(35-38)43-20-8-11-25-48(43)57(50)52-28-14-27-51-53(52)45-21-9-12-26-49(45)55(51)39-17-5-2-6-18-39/h1-35H/i7D,8D,9D,10D,11D,12D,13D,14D,19D,20D,21D,22D,23D,24D,25D,26D,27D,28D,31D,34D,35D. The minimum absolute atomic E-state index is 0.178. The molecule has 266 valence electrons. The number of hydrogen-bond donors (Lipinski definition) is 0. The molecule has 0 spiro atoms. The minimum atomic E-state index is -0.853. The number of hydrogen-bond acceptors (Lipinski definition) is 0. The van der Waals surface area contributed by atoms with Gasteiger partial charge in [-0.15, -0.1) is 0 Å². The van der Waals surface area contributed by atoms with E-state index in [4.69, 9.17) is 8.22 Å². The van der Waals surface area contributed by atoms with Crippen LogP contribution in [0.25, 0.3) is 105 Å². The maximum atomic E-state index is 10.3. The number of para-hydroxylation sites is 5. The number of benzene rings is 9. The quantitative estimate of drug-likeness (QED) is 0.167. The fourth-order valence-electron chi connectivity index (χ4n) is 7.87. The van der Waals surface area contributed by atoms with Gasteiger partial charge in [0.2, 0.25) is 0 Å². The van der Waals surface area contributed by atoms with Gasteiger partial charge < -0.3 is 13.7 Å². The molecule has 0 N–H and O–H groups in total. The Morgan fingerprint density at radius 1 is 0.333 bits per heavy atom. The molecule has 3 heterocycles. The van der Waals surface area contributed by atoms with Crippen LogP contribution in [0.4, 0.5) is 0 Å². The smallest absolute Gasteiger partial charge is 0.0645 e. The molecule has 12 rings (SSSR count). The van der Waals surface area contributed by atoms with Gasteiger partial charge in [-0.3, -0.25) is 0 Å². The summed E-state index contributed by atoms with van der Waals surface area (Å²) in [6, 6.07) is 9.23. The van der Waals surface area contributed by atoms with Gasteiger partial charge in [-0.05, 0) is 83.3 Å². The number of aromatic nitrogens is 3. The third-order valence-electron chi connectivity index (χ3n) is 10.3. The van der Waals surface area contributed by atoms with E-state index in [0.29, 0.717) is 0 Å². The lowest BCUT2D eigenvalue weighted by atomic mass is 9.99. The van der Waals surface area contributed by atoms with Crippen molar-refractivity contribution in [3.05, 3.63) is 212 Å². The summed E-state index contributed by atoms with van der Waals surface area (Å²) in [6.45, 7) is 0. The first-order chi connectivity index (χ1) is 37.1. The van der Waals surface area contributed by atoms with Gasteiger partial charge in [-0.1, -0.05) is 145 Å². The van der Waals surface area contributed by atoms with E-state index >= 15 is 0 Å². The molecule has 0 bridgehead atoms. The number of nitrogens with zero attached hydrogens (tertiary/aromatic N) is 3. The summed E-state index contributed by atoms with van der Waals surface area (Å²) in [6.07, 6.45) is 0. The molecule has 0 saturated carbocycles. The maximum absolute atomic E-state index is 10.3. The van der Waals surface area contributed by atoms with Crippen LogP contribution in [-0.4, -0.2) is 13.7 Å². The van der Waals surface area contributed by atoms with Crippen molar-refractivity contribution in [1.82, 2.24) is 13.7 Å². The van der Waals surface area contributed by atoms with Gasteiger partial charge >= 0.3 is 0 Å². The summed E-state index contributed by atoms with van der Waals surface area (Å²) in [7, 11) is 0. The van der Waals surface area contributed by atoms with Crippen LogP contribution in [-0.2, 0) is 0 Å². The average Bonchev–Trinajstić information content (AvgIpc) is 3.40. The van der Waals surface area contributed by atoms with Crippen LogP contribution >= 0.6 is 0 Å². The molecule has 0 amide bonds. The van der Waals surface area contributed by atoms with Crippen molar-refractivity contribution in [2.45, 2.75) is 0 Å². The Morgan fingerprint density at radius 2 is 0.877 bits per heavy atom. The van der Waals surface area contributed by atoms with Gasteiger partial charge in [0.25, 0.3) is 0 Å². The molecule has 0 radical (unpaired) electrons. The molecule has 57 heavy (non-hydrogen) atoms. The van der Waals surface area contributed by atoms with Crippen LogP contribution in [0.5, 0.6) is 0 Å². The van der Waals surface area contributed by atoms with E-state index in [2.05, 4.69) is 0 Å². The monoisotopic (exact) mass is 746 g/mol. The average molecular weight is 747 g/mol. The normalized spacial score (nSPS) is 17.0. The van der Waals surface area contributed by atoms with Crippen LogP contribution in [0.15, 0.2) is 212 Å². The molecular formula is C54H35N3. The molecule has 0 aliphatic carbocycles. The molecule has 0 unspecified atom stereocenters. The van der Waals surface area contributed by atoms with Crippen molar-refractivity contribution in [3.8, 4) is 39.3 Å². The molecule has 3 aromatic heterocycles. The Balaban J connectivity index is 1.32. The van der Waals surface area contributed by atoms with E-state index in [1.807, 2.05) is 30.3 Å². The van der Waals surface area contributed by atoms with Crippen molar-refractivity contribution in [2.24, 2.45) is 0 Å². The van der Waals surface area contributed by atoms with Crippen LogP contribution < -0.4 is 0 Å². The van der Waals surface area contributed by atoms with E-state index in [1.165, 1.54) is 9.13 Å². The molecule has 0 aliphatic rings. The van der Waals surface area contributed by atoms with Gasteiger partial charge in [-0.25, -0.2) is 0 Å². The lowest BCUT2D eigenvalue weighted by Crippen LogP contribution is -1.97. The highest BCUT2D eigenvalue weighted by molar-refractivity contribution is 6.18. The zero-order valence-electron chi connectivity index (χ0n) is 50.4. The Labute approximate surface area is 359 Å². The van der Waals surface area contributed by atoms with E-state index in [0.717, 1.165) is 15.7 Å². The van der Waals surface area contributed by atoms with Crippen molar-refractivity contribution in [3.63, 3.8) is 0 Å². The highest BCUT2D eigenvalue weighted by Crippen LogP contribution is 2.43. The van der Waals surface area contributed by atoms with Crippen LogP contribution in [0, 0.1) is 0 Å². The van der Waals surface area contributed by atoms with Crippen LogP contribution in [0.1, 0.15) is 28.8 Å². The van der Waals surface area contributed by atoms with Crippen LogP contribution in [0.2, 0.25) is 0 Å². The predicted octanol–water partition coefficient (Wildman–Crippen LogP) is 14.3. The largest absolute Gasteiger partial charge is 0.309 e. The predicted molar refractivity (Wildman–Crippen MR) is 240 cm³/mol. The molecule has 3 heteroatoms. The van der Waals surface area contributed by atoms with E-state index < -0.39 is 166 Å². The summed E-state index contributed by atoms with van der Waals surface area (Å²) < 4.78 is 200. The van der Waals surface area contributed by atoms with Crippen molar-refractivity contribution < 1.29 is 28.8 Å². The van der Waals surface area contributed by atoms with E-state index in [9.17, 15) is 20.6 Å². The second kappa shape index (κ2) is 12.5.